The van der Waals surface area contributed by atoms with Crippen LogP contribution in [-0.2, 0) is 12.4 Å². The first-order valence-electron chi connectivity index (χ1n) is 12.0. The molecule has 0 atom stereocenters. The predicted octanol–water partition coefficient (Wildman–Crippen LogP) is 9.05. The predicted molar refractivity (Wildman–Crippen MR) is 118 cm³/mol. The van der Waals surface area contributed by atoms with Crippen LogP contribution in [0.15, 0.2) is 36.4 Å². The van der Waals surface area contributed by atoms with Gasteiger partial charge in [-0.25, -0.2) is 0 Å². The largest absolute Gasteiger partial charge is 0.417 e. The minimum atomic E-state index is -4.85. The van der Waals surface area contributed by atoms with Crippen molar-refractivity contribution in [3.05, 3.63) is 69.8 Å². The van der Waals surface area contributed by atoms with Gasteiger partial charge in [-0.05, 0) is 48.6 Å². The van der Waals surface area contributed by atoms with Gasteiger partial charge in [-0.1, -0.05) is 74.9 Å². The first-order chi connectivity index (χ1) is 16.1. The average molecular weight is 483 g/mol. The van der Waals surface area contributed by atoms with Crippen LogP contribution in [-0.4, -0.2) is 5.78 Å². The molecule has 0 N–H and O–H groups in total. The van der Waals surface area contributed by atoms with E-state index in [1.807, 2.05) is 0 Å². The molecule has 7 heteroatoms. The summed E-state index contributed by atoms with van der Waals surface area (Å²) < 4.78 is 85.6. The maximum atomic E-state index is 14.3. The number of rotatable bonds is 4. The van der Waals surface area contributed by atoms with Crippen molar-refractivity contribution in [3.63, 3.8) is 0 Å². The minimum Gasteiger partial charge on any atom is -0.289 e. The Morgan fingerprint density at radius 3 is 1.26 bits per heavy atom. The van der Waals surface area contributed by atoms with E-state index in [0.29, 0.717) is 25.7 Å². The van der Waals surface area contributed by atoms with Crippen LogP contribution < -0.4 is 0 Å². The second-order valence-corrected chi connectivity index (χ2v) is 9.53. The monoisotopic (exact) mass is 482 g/mol. The second kappa shape index (κ2) is 9.74. The summed E-state index contributed by atoms with van der Waals surface area (Å²) in [7, 11) is 0. The summed E-state index contributed by atoms with van der Waals surface area (Å²) in [6.07, 6.45) is -2.34. The number of carbonyl (C=O) groups excluding carboxylic acids is 1. The number of halogens is 6. The van der Waals surface area contributed by atoms with E-state index in [4.69, 9.17) is 0 Å². The standard InChI is InChI=1S/C27H28F6O/c28-26(29,30)23-19(17-9-3-1-4-10-17)13-7-15-21(23)25(34)22-16-8-14-20(24(22)27(31,32)33)18-11-5-2-6-12-18/h7-8,13-18H,1-6,9-12H2. The lowest BCUT2D eigenvalue weighted by atomic mass is 9.78. The van der Waals surface area contributed by atoms with Gasteiger partial charge >= 0.3 is 12.4 Å². The molecule has 0 saturated heterocycles. The lowest BCUT2D eigenvalue weighted by Crippen LogP contribution is -2.23. The van der Waals surface area contributed by atoms with E-state index in [-0.39, 0.29) is 23.0 Å². The molecule has 0 heterocycles. The van der Waals surface area contributed by atoms with Gasteiger partial charge in [-0.2, -0.15) is 26.3 Å². The topological polar surface area (TPSA) is 17.1 Å². The molecular formula is C27H28F6O. The molecule has 0 unspecified atom stereocenters. The van der Waals surface area contributed by atoms with Crippen LogP contribution in [0.2, 0.25) is 0 Å². The molecule has 34 heavy (non-hydrogen) atoms. The van der Waals surface area contributed by atoms with Crippen LogP contribution >= 0.6 is 0 Å². The lowest BCUT2D eigenvalue weighted by molar-refractivity contribution is -0.139. The van der Waals surface area contributed by atoms with Crippen molar-refractivity contribution in [1.82, 2.24) is 0 Å². The van der Waals surface area contributed by atoms with E-state index >= 15 is 0 Å². The van der Waals surface area contributed by atoms with Crippen molar-refractivity contribution in [2.45, 2.75) is 88.4 Å². The molecule has 0 amide bonds. The zero-order chi connectivity index (χ0) is 24.5. The summed E-state index contributed by atoms with van der Waals surface area (Å²) in [6.45, 7) is 0. The quantitative estimate of drug-likeness (QED) is 0.314. The van der Waals surface area contributed by atoms with Crippen molar-refractivity contribution in [2.75, 3.05) is 0 Å². The van der Waals surface area contributed by atoms with E-state index in [2.05, 4.69) is 0 Å². The molecule has 0 aliphatic heterocycles. The molecule has 4 rings (SSSR count). The maximum Gasteiger partial charge on any atom is 0.417 e. The van der Waals surface area contributed by atoms with Gasteiger partial charge in [-0.3, -0.25) is 4.79 Å². The fourth-order valence-electron chi connectivity index (χ4n) is 5.80. The summed E-state index contributed by atoms with van der Waals surface area (Å²) in [6, 6.07) is 7.52. The molecule has 2 aromatic rings. The van der Waals surface area contributed by atoms with Gasteiger partial charge in [0, 0.05) is 11.1 Å². The maximum absolute atomic E-state index is 14.3. The minimum absolute atomic E-state index is 0.0232. The van der Waals surface area contributed by atoms with Crippen molar-refractivity contribution in [1.29, 1.82) is 0 Å². The van der Waals surface area contributed by atoms with Crippen LogP contribution in [0.1, 0.15) is 114 Å². The van der Waals surface area contributed by atoms with Crippen LogP contribution in [0.4, 0.5) is 26.3 Å². The smallest absolute Gasteiger partial charge is 0.289 e. The van der Waals surface area contributed by atoms with Crippen molar-refractivity contribution in [2.24, 2.45) is 0 Å². The van der Waals surface area contributed by atoms with Gasteiger partial charge in [0.05, 0.1) is 11.1 Å². The molecule has 0 aromatic heterocycles. The zero-order valence-electron chi connectivity index (χ0n) is 18.9. The molecule has 2 aliphatic carbocycles. The Bertz CT molecular complexity index is 943. The third-order valence-corrected chi connectivity index (χ3v) is 7.34. The summed E-state index contributed by atoms with van der Waals surface area (Å²) >= 11 is 0. The number of hydrogen-bond donors (Lipinski definition) is 0. The third kappa shape index (κ3) is 5.03. The van der Waals surface area contributed by atoms with Gasteiger partial charge in [0.15, 0.2) is 5.78 Å². The Labute approximate surface area is 195 Å². The highest BCUT2D eigenvalue weighted by molar-refractivity contribution is 6.11. The van der Waals surface area contributed by atoms with Crippen LogP contribution in [0.3, 0.4) is 0 Å². The first kappa shape index (κ1) is 24.8. The van der Waals surface area contributed by atoms with Gasteiger partial charge in [0.1, 0.15) is 0 Å². The van der Waals surface area contributed by atoms with Crippen LogP contribution in [0, 0.1) is 0 Å². The number of ketones is 1. The molecule has 2 saturated carbocycles. The highest BCUT2D eigenvalue weighted by atomic mass is 19.4. The summed E-state index contributed by atoms with van der Waals surface area (Å²) in [5.41, 5.74) is -3.50. The molecule has 2 fully saturated rings. The van der Waals surface area contributed by atoms with E-state index in [0.717, 1.165) is 50.7 Å². The molecule has 2 aromatic carbocycles. The van der Waals surface area contributed by atoms with Crippen molar-refractivity contribution < 1.29 is 31.1 Å². The molecule has 0 spiro atoms. The Morgan fingerprint density at radius 1 is 0.588 bits per heavy atom. The lowest BCUT2D eigenvalue weighted by Gasteiger charge is -2.28. The highest BCUT2D eigenvalue weighted by Gasteiger charge is 2.43. The third-order valence-electron chi connectivity index (χ3n) is 7.34. The normalized spacial score (nSPS) is 18.8. The second-order valence-electron chi connectivity index (χ2n) is 9.53. The molecule has 1 nitrogen and oxygen atoms in total. The number of carbonyl (C=O) groups is 1. The highest BCUT2D eigenvalue weighted by Crippen LogP contribution is 2.45. The van der Waals surface area contributed by atoms with Crippen molar-refractivity contribution in [3.8, 4) is 0 Å². The van der Waals surface area contributed by atoms with Gasteiger partial charge in [0.25, 0.3) is 0 Å². The summed E-state index contributed by atoms with van der Waals surface area (Å²) in [4.78, 5) is 13.5. The molecular weight excluding hydrogens is 454 g/mol. The SMILES string of the molecule is O=C(c1cccc(C2CCCCC2)c1C(F)(F)F)c1cccc(C2CCCCC2)c1C(F)(F)F. The molecule has 0 bridgehead atoms. The van der Waals surface area contributed by atoms with E-state index in [1.165, 1.54) is 24.3 Å². The summed E-state index contributed by atoms with van der Waals surface area (Å²) in [5.74, 6) is -1.92. The zero-order valence-corrected chi connectivity index (χ0v) is 18.9. The van der Waals surface area contributed by atoms with E-state index < -0.39 is 40.4 Å². The number of alkyl halides is 6. The summed E-state index contributed by atoms with van der Waals surface area (Å²) in [5, 5.41) is 0. The van der Waals surface area contributed by atoms with E-state index in [1.54, 1.807) is 0 Å². The van der Waals surface area contributed by atoms with Gasteiger partial charge < -0.3 is 0 Å². The number of benzene rings is 2. The number of hydrogen-bond acceptors (Lipinski definition) is 1. The fourth-order valence-corrected chi connectivity index (χ4v) is 5.80. The van der Waals surface area contributed by atoms with Crippen molar-refractivity contribution >= 4 is 5.78 Å². The molecule has 2 aliphatic rings. The van der Waals surface area contributed by atoms with Crippen LogP contribution in [0.25, 0.3) is 0 Å². The first-order valence-corrected chi connectivity index (χ1v) is 12.0. The molecule has 0 radical (unpaired) electrons. The van der Waals surface area contributed by atoms with E-state index in [9.17, 15) is 31.1 Å². The Kier molecular flexibility index (Phi) is 7.11. The van der Waals surface area contributed by atoms with Gasteiger partial charge in [0.2, 0.25) is 0 Å². The molecule has 184 valence electrons. The van der Waals surface area contributed by atoms with Gasteiger partial charge in [-0.15, -0.1) is 0 Å². The van der Waals surface area contributed by atoms with Crippen LogP contribution in [0.5, 0.6) is 0 Å². The Balaban J connectivity index is 1.86. The Hall–Kier alpha value is -2.31. The fraction of sp³-hybridized carbons (Fsp3) is 0.519. The Morgan fingerprint density at radius 2 is 0.941 bits per heavy atom. The average Bonchev–Trinajstić information content (AvgIpc) is 2.82.